The molecule has 92 valence electrons. The first-order chi connectivity index (χ1) is 8.67. The van der Waals surface area contributed by atoms with E-state index in [9.17, 15) is 4.79 Å². The average molecular weight is 297 g/mol. The molecule has 1 rings (SSSR count). The number of nitrogens with zero attached hydrogens (tertiary/aromatic N) is 2. The third-order valence-electron chi connectivity index (χ3n) is 1.83. The lowest BCUT2D eigenvalue weighted by atomic mass is 10.1. The second kappa shape index (κ2) is 7.98. The van der Waals surface area contributed by atoms with Gasteiger partial charge in [0.05, 0.1) is 0 Å². The number of hydrogen-bond acceptors (Lipinski definition) is 5. The molecule has 0 N–H and O–H groups in total. The third-order valence-corrected chi connectivity index (χ3v) is 3.88. The van der Waals surface area contributed by atoms with Crippen LogP contribution in [0, 0.1) is 11.5 Å². The summed E-state index contributed by atoms with van der Waals surface area (Å²) in [4.78, 5) is 15.3. The van der Waals surface area contributed by atoms with Gasteiger partial charge in [0.1, 0.15) is 4.38 Å². The van der Waals surface area contributed by atoms with E-state index < -0.39 is 0 Å². The van der Waals surface area contributed by atoms with E-state index in [1.165, 1.54) is 29.6 Å². The molecule has 0 aromatic heterocycles. The van der Waals surface area contributed by atoms with Crippen LogP contribution < -0.4 is 0 Å². The van der Waals surface area contributed by atoms with Crippen molar-refractivity contribution < 1.29 is 4.79 Å². The molecule has 6 heteroatoms. The zero-order valence-electron chi connectivity index (χ0n) is 9.46. The summed E-state index contributed by atoms with van der Waals surface area (Å²) in [6.45, 7) is 0. The summed E-state index contributed by atoms with van der Waals surface area (Å²) in [7, 11) is 0. The Kier molecular flexibility index (Phi) is 6.58. The Morgan fingerprint density at radius 3 is 2.67 bits per heavy atom. The number of thioether (sulfide) groups is 2. The van der Waals surface area contributed by atoms with E-state index in [4.69, 9.17) is 16.9 Å². The number of halogens is 1. The van der Waals surface area contributed by atoms with Gasteiger partial charge in [-0.05, 0) is 42.0 Å². The van der Waals surface area contributed by atoms with Gasteiger partial charge in [-0.3, -0.25) is 4.79 Å². The number of carbonyl (C=O) groups excluding carboxylic acids is 1. The predicted molar refractivity (Wildman–Crippen MR) is 79.1 cm³/mol. The van der Waals surface area contributed by atoms with Gasteiger partial charge in [-0.15, -0.1) is 11.8 Å². The van der Waals surface area contributed by atoms with Crippen molar-refractivity contribution in [2.75, 3.05) is 6.26 Å². The van der Waals surface area contributed by atoms with Gasteiger partial charge in [-0.2, -0.15) is 10.3 Å². The van der Waals surface area contributed by atoms with Gasteiger partial charge in [0.15, 0.2) is 5.78 Å². The molecule has 0 aliphatic heterocycles. The molecule has 0 unspecified atom stereocenters. The minimum Gasteiger partial charge on any atom is -0.289 e. The van der Waals surface area contributed by atoms with Crippen LogP contribution in [0.4, 0.5) is 0 Å². The maximum absolute atomic E-state index is 11.7. The van der Waals surface area contributed by atoms with E-state index in [0.29, 0.717) is 15.0 Å². The van der Waals surface area contributed by atoms with Crippen LogP contribution in [0.25, 0.3) is 0 Å². The predicted octanol–water partition coefficient (Wildman–Crippen LogP) is 3.97. The molecule has 0 saturated carbocycles. The van der Waals surface area contributed by atoms with Crippen molar-refractivity contribution in [3.05, 3.63) is 46.3 Å². The van der Waals surface area contributed by atoms with Crippen LogP contribution in [-0.2, 0) is 0 Å². The number of nitriles is 1. The SMILES string of the molecule is CSC(=NC#N)S/C=C/C(=O)c1ccc(Cl)cc1. The lowest BCUT2D eigenvalue weighted by Gasteiger charge is -1.96. The molecule has 0 saturated heterocycles. The van der Waals surface area contributed by atoms with E-state index in [2.05, 4.69) is 4.99 Å². The highest BCUT2D eigenvalue weighted by Gasteiger charge is 2.01. The lowest BCUT2D eigenvalue weighted by molar-refractivity contribution is 0.104. The molecule has 0 aliphatic carbocycles. The van der Waals surface area contributed by atoms with Crippen molar-refractivity contribution in [2.45, 2.75) is 0 Å². The van der Waals surface area contributed by atoms with Gasteiger partial charge in [-0.1, -0.05) is 23.4 Å². The van der Waals surface area contributed by atoms with Crippen molar-refractivity contribution in [3.8, 4) is 6.19 Å². The van der Waals surface area contributed by atoms with Crippen molar-refractivity contribution in [1.29, 1.82) is 5.26 Å². The number of ketones is 1. The standard InChI is InChI=1S/C12H9ClN2OS2/c1-17-12(15-8-14)18-7-6-11(16)9-2-4-10(13)5-3-9/h2-7H,1H3/b7-6+,15-12?. The summed E-state index contributed by atoms with van der Waals surface area (Å²) < 4.78 is 0.595. The highest BCUT2D eigenvalue weighted by Crippen LogP contribution is 2.16. The molecule has 0 heterocycles. The van der Waals surface area contributed by atoms with E-state index >= 15 is 0 Å². The highest BCUT2D eigenvalue weighted by atomic mass is 35.5. The molecule has 0 bridgehead atoms. The van der Waals surface area contributed by atoms with E-state index in [1.807, 2.05) is 6.26 Å². The Bertz CT molecular complexity index is 518. The second-order valence-electron chi connectivity index (χ2n) is 2.97. The molecule has 0 radical (unpaired) electrons. The Hall–Kier alpha value is -1.22. The normalized spacial score (nSPS) is 11.5. The van der Waals surface area contributed by atoms with Crippen LogP contribution in [0.5, 0.6) is 0 Å². The third kappa shape index (κ3) is 4.96. The molecule has 0 amide bonds. The number of aliphatic imine (C=N–C) groups is 1. The number of rotatable bonds is 3. The number of hydrogen-bond donors (Lipinski definition) is 0. The van der Waals surface area contributed by atoms with Crippen LogP contribution in [0.1, 0.15) is 10.4 Å². The smallest absolute Gasteiger partial charge is 0.207 e. The summed E-state index contributed by atoms with van der Waals surface area (Å²) in [5.41, 5.74) is 0.569. The summed E-state index contributed by atoms with van der Waals surface area (Å²) in [6.07, 6.45) is 4.97. The Morgan fingerprint density at radius 1 is 1.44 bits per heavy atom. The molecular formula is C12H9ClN2OS2. The molecule has 0 atom stereocenters. The van der Waals surface area contributed by atoms with E-state index in [-0.39, 0.29) is 5.78 Å². The number of allylic oxidation sites excluding steroid dienone is 1. The Morgan fingerprint density at radius 2 is 2.11 bits per heavy atom. The van der Waals surface area contributed by atoms with Crippen molar-refractivity contribution in [2.24, 2.45) is 4.99 Å². The molecular weight excluding hydrogens is 288 g/mol. The number of carbonyl (C=O) groups is 1. The van der Waals surface area contributed by atoms with Crippen LogP contribution in [0.2, 0.25) is 5.02 Å². The van der Waals surface area contributed by atoms with Gasteiger partial charge in [0.25, 0.3) is 0 Å². The maximum Gasteiger partial charge on any atom is 0.207 e. The van der Waals surface area contributed by atoms with Crippen LogP contribution in [0.15, 0.2) is 40.7 Å². The molecule has 0 fully saturated rings. The summed E-state index contributed by atoms with van der Waals surface area (Å²) in [5, 5.41) is 10.6. The van der Waals surface area contributed by atoms with Gasteiger partial charge in [-0.25, -0.2) is 0 Å². The molecule has 0 spiro atoms. The zero-order valence-corrected chi connectivity index (χ0v) is 11.9. The fraction of sp³-hybridized carbons (Fsp3) is 0.0833. The molecule has 1 aromatic carbocycles. The number of benzene rings is 1. The quantitative estimate of drug-likeness (QED) is 0.278. The first-order valence-electron chi connectivity index (χ1n) is 4.81. The van der Waals surface area contributed by atoms with Gasteiger partial charge in [0.2, 0.25) is 6.19 Å². The van der Waals surface area contributed by atoms with E-state index in [0.717, 1.165) is 0 Å². The van der Waals surface area contributed by atoms with E-state index in [1.54, 1.807) is 35.9 Å². The maximum atomic E-state index is 11.7. The highest BCUT2D eigenvalue weighted by molar-refractivity contribution is 8.39. The first kappa shape index (κ1) is 14.8. The van der Waals surface area contributed by atoms with Crippen LogP contribution in [-0.4, -0.2) is 16.4 Å². The van der Waals surface area contributed by atoms with Crippen LogP contribution >= 0.6 is 35.1 Å². The molecule has 18 heavy (non-hydrogen) atoms. The van der Waals surface area contributed by atoms with Crippen molar-refractivity contribution in [3.63, 3.8) is 0 Å². The van der Waals surface area contributed by atoms with Gasteiger partial charge in [0, 0.05) is 10.6 Å². The summed E-state index contributed by atoms with van der Waals surface area (Å²) in [5.74, 6) is -0.114. The topological polar surface area (TPSA) is 53.2 Å². The van der Waals surface area contributed by atoms with Gasteiger partial charge < -0.3 is 0 Å². The Balaban J connectivity index is 2.63. The molecule has 0 aliphatic rings. The summed E-state index contributed by atoms with van der Waals surface area (Å²) in [6, 6.07) is 6.66. The molecule has 3 nitrogen and oxygen atoms in total. The summed E-state index contributed by atoms with van der Waals surface area (Å²) >= 11 is 8.32. The molecule has 1 aromatic rings. The largest absolute Gasteiger partial charge is 0.289 e. The Labute approximate surface area is 119 Å². The lowest BCUT2D eigenvalue weighted by Crippen LogP contribution is -1.93. The first-order valence-corrected chi connectivity index (χ1v) is 7.29. The van der Waals surface area contributed by atoms with Crippen molar-refractivity contribution >= 4 is 45.3 Å². The second-order valence-corrected chi connectivity index (χ2v) is 5.36. The fourth-order valence-electron chi connectivity index (χ4n) is 1.03. The zero-order chi connectivity index (χ0) is 13.4. The minimum absolute atomic E-state index is 0.114. The average Bonchev–Trinajstić information content (AvgIpc) is 2.38. The van der Waals surface area contributed by atoms with Crippen molar-refractivity contribution in [1.82, 2.24) is 0 Å². The van der Waals surface area contributed by atoms with Crippen LogP contribution in [0.3, 0.4) is 0 Å². The fourth-order valence-corrected chi connectivity index (χ4v) is 2.24. The minimum atomic E-state index is -0.114. The monoisotopic (exact) mass is 296 g/mol. The van der Waals surface area contributed by atoms with Gasteiger partial charge >= 0.3 is 0 Å².